The predicted molar refractivity (Wildman–Crippen MR) is 67.6 cm³/mol. The number of carbonyl (C=O) groups is 1. The van der Waals surface area contributed by atoms with Gasteiger partial charge in [0.05, 0.1) is 6.10 Å². The van der Waals surface area contributed by atoms with Crippen LogP contribution in [0.25, 0.3) is 0 Å². The van der Waals surface area contributed by atoms with Crippen LogP contribution in [0.5, 0.6) is 0 Å². The van der Waals surface area contributed by atoms with Crippen molar-refractivity contribution >= 4 is 17.7 Å². The normalized spacial score (nSPS) is 18.1. The molecule has 94 valence electrons. The molecule has 1 rings (SSSR count). The zero-order valence-corrected chi connectivity index (χ0v) is 11.3. The molecule has 0 aromatic carbocycles. The number of hydrogen-bond acceptors (Lipinski definition) is 4. The van der Waals surface area contributed by atoms with Crippen molar-refractivity contribution < 1.29 is 9.53 Å². The van der Waals surface area contributed by atoms with Gasteiger partial charge in [0.15, 0.2) is 0 Å². The molecular weight excluding hydrogens is 224 g/mol. The Bertz CT molecular complexity index is 216. The van der Waals surface area contributed by atoms with Crippen LogP contribution in [0, 0.1) is 0 Å². The van der Waals surface area contributed by atoms with Crippen molar-refractivity contribution in [3.05, 3.63) is 0 Å². The third kappa shape index (κ3) is 4.72. The van der Waals surface area contributed by atoms with Crippen molar-refractivity contribution in [3.63, 3.8) is 0 Å². The molecule has 1 aliphatic rings. The van der Waals surface area contributed by atoms with E-state index in [2.05, 4.69) is 11.2 Å². The van der Waals surface area contributed by atoms with Gasteiger partial charge in [-0.2, -0.15) is 0 Å². The zero-order chi connectivity index (χ0) is 12.0. The Kier molecular flexibility index (Phi) is 6.16. The molecule has 0 aromatic heterocycles. The second-order valence-corrected chi connectivity index (χ2v) is 5.11. The summed E-state index contributed by atoms with van der Waals surface area (Å²) in [7, 11) is 0. The van der Waals surface area contributed by atoms with E-state index in [1.54, 1.807) is 0 Å². The van der Waals surface area contributed by atoms with Crippen molar-refractivity contribution in [2.75, 3.05) is 44.9 Å². The minimum absolute atomic E-state index is 0.123. The number of piperazine rings is 1. The first-order valence-corrected chi connectivity index (χ1v) is 7.13. The fourth-order valence-corrected chi connectivity index (χ4v) is 2.26. The smallest absolute Gasteiger partial charge is 0.248 e. The van der Waals surface area contributed by atoms with Gasteiger partial charge in [0, 0.05) is 32.1 Å². The molecule has 0 radical (unpaired) electrons. The third-order valence-electron chi connectivity index (χ3n) is 2.58. The van der Waals surface area contributed by atoms with Crippen LogP contribution in [0.3, 0.4) is 0 Å². The van der Waals surface area contributed by atoms with Gasteiger partial charge in [-0.1, -0.05) is 0 Å². The lowest BCUT2D eigenvalue weighted by atomic mass is 10.3. The summed E-state index contributed by atoms with van der Waals surface area (Å²) in [5, 5.41) is 0. The quantitative estimate of drug-likeness (QED) is 0.721. The molecule has 0 spiro atoms. The molecule has 4 nitrogen and oxygen atoms in total. The van der Waals surface area contributed by atoms with Crippen LogP contribution in [0.1, 0.15) is 13.8 Å². The summed E-state index contributed by atoms with van der Waals surface area (Å²) in [6, 6.07) is 0. The SMILES string of the molecule is CSCN1CCN(C(=O)COC(C)C)CC1. The number of carbonyl (C=O) groups excluding carboxylic acids is 1. The maximum absolute atomic E-state index is 11.7. The monoisotopic (exact) mass is 246 g/mol. The van der Waals surface area contributed by atoms with E-state index < -0.39 is 0 Å². The fraction of sp³-hybridized carbons (Fsp3) is 0.909. The molecule has 5 heteroatoms. The number of hydrogen-bond donors (Lipinski definition) is 0. The summed E-state index contributed by atoms with van der Waals surface area (Å²) in [5.74, 6) is 1.18. The van der Waals surface area contributed by atoms with E-state index in [4.69, 9.17) is 4.74 Å². The maximum atomic E-state index is 11.7. The van der Waals surface area contributed by atoms with Gasteiger partial charge in [-0.15, -0.1) is 11.8 Å². The minimum Gasteiger partial charge on any atom is -0.369 e. The molecule has 1 saturated heterocycles. The highest BCUT2D eigenvalue weighted by Gasteiger charge is 2.20. The molecule has 0 unspecified atom stereocenters. The topological polar surface area (TPSA) is 32.8 Å². The lowest BCUT2D eigenvalue weighted by Gasteiger charge is -2.34. The van der Waals surface area contributed by atoms with E-state index in [9.17, 15) is 4.79 Å². The molecule has 1 aliphatic heterocycles. The Labute approximate surface area is 102 Å². The van der Waals surface area contributed by atoms with E-state index in [0.717, 1.165) is 32.1 Å². The molecule has 0 aromatic rings. The largest absolute Gasteiger partial charge is 0.369 e. The second kappa shape index (κ2) is 7.14. The number of amides is 1. The average molecular weight is 246 g/mol. The first-order valence-electron chi connectivity index (χ1n) is 5.74. The van der Waals surface area contributed by atoms with Gasteiger partial charge in [-0.05, 0) is 20.1 Å². The van der Waals surface area contributed by atoms with Gasteiger partial charge < -0.3 is 9.64 Å². The Morgan fingerprint density at radius 3 is 2.44 bits per heavy atom. The molecule has 1 heterocycles. The highest BCUT2D eigenvalue weighted by atomic mass is 32.2. The standard InChI is InChI=1S/C11H22N2O2S/c1-10(2)15-8-11(14)13-6-4-12(5-7-13)9-16-3/h10H,4-9H2,1-3H3. The minimum atomic E-state index is 0.123. The zero-order valence-electron chi connectivity index (χ0n) is 10.4. The van der Waals surface area contributed by atoms with Crippen molar-refractivity contribution in [2.24, 2.45) is 0 Å². The average Bonchev–Trinajstić information content (AvgIpc) is 2.27. The highest BCUT2D eigenvalue weighted by Crippen LogP contribution is 2.06. The van der Waals surface area contributed by atoms with Crippen LogP contribution in [-0.2, 0) is 9.53 Å². The number of rotatable bonds is 5. The van der Waals surface area contributed by atoms with Gasteiger partial charge in [0.2, 0.25) is 5.91 Å². The summed E-state index contributed by atoms with van der Waals surface area (Å²) >= 11 is 1.83. The Balaban J connectivity index is 2.22. The third-order valence-corrected chi connectivity index (χ3v) is 3.20. The summed E-state index contributed by atoms with van der Waals surface area (Å²) < 4.78 is 5.32. The van der Waals surface area contributed by atoms with E-state index in [-0.39, 0.29) is 18.6 Å². The van der Waals surface area contributed by atoms with E-state index >= 15 is 0 Å². The van der Waals surface area contributed by atoms with Crippen molar-refractivity contribution in [2.45, 2.75) is 20.0 Å². The molecular formula is C11H22N2O2S. The van der Waals surface area contributed by atoms with Gasteiger partial charge >= 0.3 is 0 Å². The van der Waals surface area contributed by atoms with Gasteiger partial charge in [-0.25, -0.2) is 0 Å². The summed E-state index contributed by atoms with van der Waals surface area (Å²) in [5.41, 5.74) is 0. The lowest BCUT2D eigenvalue weighted by molar-refractivity contribution is -0.139. The Morgan fingerprint density at radius 1 is 1.31 bits per heavy atom. The van der Waals surface area contributed by atoms with E-state index in [0.29, 0.717) is 0 Å². The molecule has 0 saturated carbocycles. The summed E-state index contributed by atoms with van der Waals surface area (Å²) in [4.78, 5) is 16.0. The number of nitrogens with zero attached hydrogens (tertiary/aromatic N) is 2. The van der Waals surface area contributed by atoms with Gasteiger partial charge in [0.1, 0.15) is 6.61 Å². The molecule has 1 fully saturated rings. The van der Waals surface area contributed by atoms with E-state index in [1.807, 2.05) is 30.5 Å². The maximum Gasteiger partial charge on any atom is 0.248 e. The van der Waals surface area contributed by atoms with Crippen LogP contribution < -0.4 is 0 Å². The summed E-state index contributed by atoms with van der Waals surface area (Å²) in [6.07, 6.45) is 2.23. The van der Waals surface area contributed by atoms with Crippen LogP contribution in [0.4, 0.5) is 0 Å². The molecule has 16 heavy (non-hydrogen) atoms. The van der Waals surface area contributed by atoms with Crippen molar-refractivity contribution in [3.8, 4) is 0 Å². The van der Waals surface area contributed by atoms with Crippen LogP contribution in [0.15, 0.2) is 0 Å². The predicted octanol–water partition coefficient (Wildman–Crippen LogP) is 0.876. The first-order chi connectivity index (χ1) is 7.63. The van der Waals surface area contributed by atoms with Crippen LogP contribution >= 0.6 is 11.8 Å². The Morgan fingerprint density at radius 2 is 1.94 bits per heavy atom. The molecule has 0 N–H and O–H groups in total. The van der Waals surface area contributed by atoms with Gasteiger partial charge in [0.25, 0.3) is 0 Å². The van der Waals surface area contributed by atoms with Crippen molar-refractivity contribution in [1.29, 1.82) is 0 Å². The van der Waals surface area contributed by atoms with Crippen molar-refractivity contribution in [1.82, 2.24) is 9.80 Å². The number of thioether (sulfide) groups is 1. The summed E-state index contributed by atoms with van der Waals surface area (Å²) in [6.45, 7) is 7.75. The lowest BCUT2D eigenvalue weighted by Crippen LogP contribution is -2.49. The molecule has 1 amide bonds. The first kappa shape index (κ1) is 13.8. The van der Waals surface area contributed by atoms with Gasteiger partial charge in [-0.3, -0.25) is 9.69 Å². The van der Waals surface area contributed by atoms with E-state index in [1.165, 1.54) is 0 Å². The highest BCUT2D eigenvalue weighted by molar-refractivity contribution is 7.98. The van der Waals surface area contributed by atoms with Crippen LogP contribution in [0.2, 0.25) is 0 Å². The molecule has 0 atom stereocenters. The molecule has 0 aliphatic carbocycles. The number of ether oxygens (including phenoxy) is 1. The van der Waals surface area contributed by atoms with Crippen LogP contribution in [-0.4, -0.2) is 66.7 Å². The molecule has 0 bridgehead atoms. The fourth-order valence-electron chi connectivity index (χ4n) is 1.64. The Hall–Kier alpha value is -0.260. The second-order valence-electron chi connectivity index (χ2n) is 4.28.